The van der Waals surface area contributed by atoms with E-state index in [4.69, 9.17) is 9.47 Å². The number of anilines is 1. The number of carbonyl (C=O) groups excluding carboxylic acids is 1. The Balaban J connectivity index is 2.20. The molecular weight excluding hydrogens is 268 g/mol. The zero-order chi connectivity index (χ0) is 15.5. The van der Waals surface area contributed by atoms with Gasteiger partial charge in [-0.1, -0.05) is 6.07 Å². The molecule has 1 aromatic rings. The van der Waals surface area contributed by atoms with Crippen molar-refractivity contribution in [2.45, 2.75) is 45.3 Å². The van der Waals surface area contributed by atoms with Crippen LogP contribution in [-0.4, -0.2) is 25.3 Å². The van der Waals surface area contributed by atoms with Crippen LogP contribution in [0.1, 0.15) is 45.2 Å². The number of nitrogens with one attached hydrogen (secondary N) is 2. The van der Waals surface area contributed by atoms with Gasteiger partial charge in [-0.05, 0) is 51.8 Å². The first-order valence-electron chi connectivity index (χ1n) is 7.30. The van der Waals surface area contributed by atoms with Crippen LogP contribution in [0.25, 0.3) is 0 Å². The van der Waals surface area contributed by atoms with E-state index < -0.39 is 11.7 Å². The minimum Gasteiger partial charge on any atom is -0.497 e. The van der Waals surface area contributed by atoms with Gasteiger partial charge in [-0.25, -0.2) is 4.79 Å². The molecule has 1 atom stereocenters. The minimum atomic E-state index is -0.519. The molecule has 0 spiro atoms. The fraction of sp³-hybridized carbons (Fsp3) is 0.562. The summed E-state index contributed by atoms with van der Waals surface area (Å²) in [6.45, 7) is 6.54. The average molecular weight is 292 g/mol. The molecular formula is C16H24N2O3. The summed E-state index contributed by atoms with van der Waals surface area (Å²) >= 11 is 0. The van der Waals surface area contributed by atoms with Crippen molar-refractivity contribution in [1.82, 2.24) is 5.32 Å². The van der Waals surface area contributed by atoms with Crippen molar-refractivity contribution < 1.29 is 14.3 Å². The van der Waals surface area contributed by atoms with Crippen LogP contribution >= 0.6 is 0 Å². The quantitative estimate of drug-likeness (QED) is 0.895. The Morgan fingerprint density at radius 2 is 2.14 bits per heavy atom. The minimum absolute atomic E-state index is 0.265. The number of rotatable bonds is 3. The second-order valence-electron chi connectivity index (χ2n) is 6.23. The predicted molar refractivity (Wildman–Crippen MR) is 82.8 cm³/mol. The van der Waals surface area contributed by atoms with E-state index in [1.54, 1.807) is 7.11 Å². The Hall–Kier alpha value is -1.75. The van der Waals surface area contributed by atoms with Crippen molar-refractivity contribution in [3.05, 3.63) is 23.8 Å². The van der Waals surface area contributed by atoms with Crippen molar-refractivity contribution in [2.24, 2.45) is 0 Å². The van der Waals surface area contributed by atoms with Crippen LogP contribution in [0.15, 0.2) is 18.2 Å². The highest BCUT2D eigenvalue weighted by Crippen LogP contribution is 2.32. The number of amides is 1. The van der Waals surface area contributed by atoms with E-state index >= 15 is 0 Å². The highest BCUT2D eigenvalue weighted by molar-refractivity contribution is 5.86. The summed E-state index contributed by atoms with van der Waals surface area (Å²) in [4.78, 5) is 12.0. The smallest absolute Gasteiger partial charge is 0.412 e. The summed E-state index contributed by atoms with van der Waals surface area (Å²) in [5.41, 5.74) is 1.29. The van der Waals surface area contributed by atoms with E-state index in [9.17, 15) is 4.79 Å². The number of carbonyl (C=O) groups is 1. The topological polar surface area (TPSA) is 59.6 Å². The van der Waals surface area contributed by atoms with Crippen LogP contribution in [0.3, 0.4) is 0 Å². The van der Waals surface area contributed by atoms with Crippen LogP contribution in [0, 0.1) is 0 Å². The molecule has 116 valence electrons. The largest absolute Gasteiger partial charge is 0.497 e. The fourth-order valence-electron chi connectivity index (χ4n) is 2.44. The molecule has 1 saturated heterocycles. The first-order chi connectivity index (χ1) is 9.89. The van der Waals surface area contributed by atoms with E-state index in [0.29, 0.717) is 5.75 Å². The van der Waals surface area contributed by atoms with E-state index in [1.165, 1.54) is 0 Å². The number of benzene rings is 1. The van der Waals surface area contributed by atoms with Crippen LogP contribution in [-0.2, 0) is 4.74 Å². The van der Waals surface area contributed by atoms with Gasteiger partial charge in [0.1, 0.15) is 11.4 Å². The van der Waals surface area contributed by atoms with Gasteiger partial charge < -0.3 is 14.8 Å². The van der Waals surface area contributed by atoms with Gasteiger partial charge in [-0.3, -0.25) is 5.32 Å². The monoisotopic (exact) mass is 292 g/mol. The number of methoxy groups -OCH3 is 1. The maximum atomic E-state index is 12.0. The molecule has 0 radical (unpaired) electrons. The van der Waals surface area contributed by atoms with Crippen LogP contribution in [0.5, 0.6) is 5.75 Å². The van der Waals surface area contributed by atoms with E-state index in [-0.39, 0.29) is 6.04 Å². The third kappa shape index (κ3) is 4.36. The van der Waals surface area contributed by atoms with E-state index in [0.717, 1.165) is 30.6 Å². The maximum absolute atomic E-state index is 12.0. The Kier molecular flexibility index (Phi) is 4.73. The normalized spacial score (nSPS) is 18.4. The van der Waals surface area contributed by atoms with Gasteiger partial charge in [0.25, 0.3) is 0 Å². The van der Waals surface area contributed by atoms with Gasteiger partial charge in [0.05, 0.1) is 12.8 Å². The first-order valence-corrected chi connectivity index (χ1v) is 7.30. The Bertz CT molecular complexity index is 503. The molecule has 5 nitrogen and oxygen atoms in total. The molecule has 1 aliphatic rings. The lowest BCUT2D eigenvalue weighted by Crippen LogP contribution is -2.28. The summed E-state index contributed by atoms with van der Waals surface area (Å²) in [6.07, 6.45) is 1.76. The van der Waals surface area contributed by atoms with Gasteiger partial charge >= 0.3 is 6.09 Å². The molecule has 0 saturated carbocycles. The molecule has 0 bridgehead atoms. The van der Waals surface area contributed by atoms with Crippen LogP contribution < -0.4 is 15.4 Å². The lowest BCUT2D eigenvalue weighted by molar-refractivity contribution is 0.0635. The Labute approximate surface area is 126 Å². The lowest BCUT2D eigenvalue weighted by Gasteiger charge is -2.22. The summed E-state index contributed by atoms with van der Waals surface area (Å²) in [5, 5.41) is 6.28. The second-order valence-corrected chi connectivity index (χ2v) is 6.23. The molecule has 1 heterocycles. The van der Waals surface area contributed by atoms with Crippen molar-refractivity contribution in [2.75, 3.05) is 19.0 Å². The molecule has 2 rings (SSSR count). The van der Waals surface area contributed by atoms with Gasteiger partial charge in [0.2, 0.25) is 0 Å². The van der Waals surface area contributed by atoms with Crippen LogP contribution in [0.2, 0.25) is 0 Å². The van der Waals surface area contributed by atoms with E-state index in [1.807, 2.05) is 39.0 Å². The van der Waals surface area contributed by atoms with Crippen molar-refractivity contribution >= 4 is 11.8 Å². The third-order valence-electron chi connectivity index (χ3n) is 3.33. The fourth-order valence-corrected chi connectivity index (χ4v) is 2.44. The molecule has 5 heteroatoms. The van der Waals surface area contributed by atoms with Gasteiger partial charge in [0.15, 0.2) is 0 Å². The molecule has 1 fully saturated rings. The SMILES string of the molecule is COc1ccc(C2CCCN2)c(NC(=O)OC(C)(C)C)c1. The standard InChI is InChI=1S/C16H24N2O3/c1-16(2,3)21-15(19)18-14-10-11(20-4)7-8-12(14)13-6-5-9-17-13/h7-8,10,13,17H,5-6,9H2,1-4H3,(H,18,19). The van der Waals surface area contributed by atoms with Crippen molar-refractivity contribution in [3.8, 4) is 5.75 Å². The molecule has 0 aliphatic carbocycles. The summed E-state index contributed by atoms with van der Waals surface area (Å²) in [5.74, 6) is 0.711. The predicted octanol–water partition coefficient (Wildman–Crippen LogP) is 3.47. The molecule has 0 aromatic heterocycles. The van der Waals surface area contributed by atoms with Crippen LogP contribution in [0.4, 0.5) is 10.5 Å². The number of ether oxygens (including phenoxy) is 2. The Morgan fingerprint density at radius 1 is 1.38 bits per heavy atom. The maximum Gasteiger partial charge on any atom is 0.412 e. The first kappa shape index (κ1) is 15.6. The summed E-state index contributed by atoms with van der Waals surface area (Å²) in [6, 6.07) is 6.00. The summed E-state index contributed by atoms with van der Waals surface area (Å²) in [7, 11) is 1.61. The van der Waals surface area contributed by atoms with Gasteiger partial charge in [-0.2, -0.15) is 0 Å². The summed E-state index contributed by atoms with van der Waals surface area (Å²) < 4.78 is 10.6. The zero-order valence-corrected chi connectivity index (χ0v) is 13.2. The molecule has 1 unspecified atom stereocenters. The van der Waals surface area contributed by atoms with Crippen molar-refractivity contribution in [3.63, 3.8) is 0 Å². The third-order valence-corrected chi connectivity index (χ3v) is 3.33. The van der Waals surface area contributed by atoms with Gasteiger partial charge in [0, 0.05) is 12.1 Å². The molecule has 1 aliphatic heterocycles. The molecule has 1 aromatic carbocycles. The van der Waals surface area contributed by atoms with Crippen molar-refractivity contribution in [1.29, 1.82) is 0 Å². The molecule has 2 N–H and O–H groups in total. The average Bonchev–Trinajstić information content (AvgIpc) is 2.90. The second kappa shape index (κ2) is 6.35. The highest BCUT2D eigenvalue weighted by Gasteiger charge is 2.22. The van der Waals surface area contributed by atoms with E-state index in [2.05, 4.69) is 10.6 Å². The Morgan fingerprint density at radius 3 is 2.71 bits per heavy atom. The van der Waals surface area contributed by atoms with Gasteiger partial charge in [-0.15, -0.1) is 0 Å². The lowest BCUT2D eigenvalue weighted by atomic mass is 10.0. The molecule has 21 heavy (non-hydrogen) atoms. The molecule has 1 amide bonds. The zero-order valence-electron chi connectivity index (χ0n) is 13.2. The highest BCUT2D eigenvalue weighted by atomic mass is 16.6. The number of hydrogen-bond acceptors (Lipinski definition) is 4. The number of hydrogen-bond donors (Lipinski definition) is 2.